The van der Waals surface area contributed by atoms with Crippen LogP contribution in [0.1, 0.15) is 64.4 Å². The molecule has 1 aliphatic rings. The van der Waals surface area contributed by atoms with Crippen LogP contribution in [-0.4, -0.2) is 37.6 Å². The fourth-order valence-electron chi connectivity index (χ4n) is 3.49. The molecule has 0 radical (unpaired) electrons. The maximum Gasteiger partial charge on any atom is 0.267 e. The zero-order valence-corrected chi connectivity index (χ0v) is 19.9. The van der Waals surface area contributed by atoms with Gasteiger partial charge >= 0.3 is 0 Å². The standard InChI is InChI=1S/C23H30N4O2S2/c1-3-5-6-7-8-10-15-27-22(29)18(31-23(27)30)16-17-20(24-13-4-2)25-19-12-9-11-14-26(19)21(17)28/h9,11-12,14,16,24H,3-8,10,13,15H2,1-2H3/b18-16-. The van der Waals surface area contributed by atoms with Crippen LogP contribution < -0.4 is 10.9 Å². The van der Waals surface area contributed by atoms with Gasteiger partial charge in [0.2, 0.25) is 0 Å². The number of unbranched alkanes of at least 4 members (excludes halogenated alkanes) is 5. The molecule has 6 nitrogen and oxygen atoms in total. The number of rotatable bonds is 11. The van der Waals surface area contributed by atoms with Crippen LogP contribution in [0.3, 0.4) is 0 Å². The third kappa shape index (κ3) is 5.74. The molecule has 1 aliphatic heterocycles. The molecule has 0 unspecified atom stereocenters. The number of nitrogens with one attached hydrogen (secondary N) is 1. The molecule has 1 saturated heterocycles. The van der Waals surface area contributed by atoms with Crippen LogP contribution in [0.4, 0.5) is 5.82 Å². The van der Waals surface area contributed by atoms with Gasteiger partial charge in [0.05, 0.1) is 10.5 Å². The lowest BCUT2D eigenvalue weighted by atomic mass is 10.1. The molecule has 1 amide bonds. The lowest BCUT2D eigenvalue weighted by Crippen LogP contribution is -2.29. The second-order valence-electron chi connectivity index (χ2n) is 7.64. The number of carbonyl (C=O) groups excluding carboxylic acids is 1. The first-order chi connectivity index (χ1) is 15.1. The van der Waals surface area contributed by atoms with Gasteiger partial charge in [-0.15, -0.1) is 0 Å². The van der Waals surface area contributed by atoms with E-state index in [0.717, 1.165) is 19.3 Å². The highest BCUT2D eigenvalue weighted by Gasteiger charge is 2.32. The van der Waals surface area contributed by atoms with Crippen molar-refractivity contribution in [3.05, 3.63) is 45.2 Å². The summed E-state index contributed by atoms with van der Waals surface area (Å²) < 4.78 is 2.06. The van der Waals surface area contributed by atoms with E-state index >= 15 is 0 Å². The molecule has 166 valence electrons. The maximum absolute atomic E-state index is 13.1. The van der Waals surface area contributed by atoms with E-state index in [4.69, 9.17) is 12.2 Å². The number of fused-ring (bicyclic) bond motifs is 1. The zero-order valence-electron chi connectivity index (χ0n) is 18.2. The molecule has 0 atom stereocenters. The number of anilines is 1. The van der Waals surface area contributed by atoms with Crippen LogP contribution >= 0.6 is 24.0 Å². The molecule has 2 aromatic rings. The second kappa shape index (κ2) is 11.4. The molecular weight excluding hydrogens is 428 g/mol. The van der Waals surface area contributed by atoms with Crippen LogP contribution in [0.25, 0.3) is 11.7 Å². The van der Waals surface area contributed by atoms with E-state index in [1.807, 2.05) is 13.0 Å². The lowest BCUT2D eigenvalue weighted by Gasteiger charge is -2.14. The fourth-order valence-corrected chi connectivity index (χ4v) is 4.78. The van der Waals surface area contributed by atoms with E-state index in [9.17, 15) is 9.59 Å². The highest BCUT2D eigenvalue weighted by atomic mass is 32.2. The quantitative estimate of drug-likeness (QED) is 0.288. The lowest BCUT2D eigenvalue weighted by molar-refractivity contribution is -0.122. The summed E-state index contributed by atoms with van der Waals surface area (Å²) in [6.07, 6.45) is 11.2. The first-order valence-corrected chi connectivity index (χ1v) is 12.3. The third-order valence-corrected chi connectivity index (χ3v) is 6.57. The minimum atomic E-state index is -0.203. The van der Waals surface area contributed by atoms with Crippen molar-refractivity contribution in [3.63, 3.8) is 0 Å². The smallest absolute Gasteiger partial charge is 0.267 e. The minimum absolute atomic E-state index is 0.123. The summed E-state index contributed by atoms with van der Waals surface area (Å²) >= 11 is 6.72. The van der Waals surface area contributed by atoms with Crippen LogP contribution in [0.2, 0.25) is 0 Å². The largest absolute Gasteiger partial charge is 0.369 e. The Hall–Kier alpha value is -2.19. The molecule has 0 aliphatic carbocycles. The Labute approximate surface area is 193 Å². The number of aromatic nitrogens is 2. The summed E-state index contributed by atoms with van der Waals surface area (Å²) in [5.74, 6) is 0.377. The molecular formula is C23H30N4O2S2. The minimum Gasteiger partial charge on any atom is -0.369 e. The SMILES string of the molecule is CCCCCCCCN1C(=O)/C(=C/c2c(NCCC)nc3ccccn3c2=O)SC1=S. The van der Waals surface area contributed by atoms with Gasteiger partial charge in [0.15, 0.2) is 0 Å². The first-order valence-electron chi connectivity index (χ1n) is 11.1. The predicted octanol–water partition coefficient (Wildman–Crippen LogP) is 5.08. The third-order valence-electron chi connectivity index (χ3n) is 5.20. The topological polar surface area (TPSA) is 66.7 Å². The summed E-state index contributed by atoms with van der Waals surface area (Å²) in [7, 11) is 0. The van der Waals surface area contributed by atoms with E-state index in [-0.39, 0.29) is 11.5 Å². The van der Waals surface area contributed by atoms with Crippen molar-refractivity contribution < 1.29 is 4.79 Å². The maximum atomic E-state index is 13.1. The molecule has 8 heteroatoms. The number of nitrogens with zero attached hydrogens (tertiary/aromatic N) is 3. The first kappa shape index (κ1) is 23.5. The van der Waals surface area contributed by atoms with Crippen LogP contribution in [0.5, 0.6) is 0 Å². The Morgan fingerprint density at radius 1 is 1.10 bits per heavy atom. The number of amides is 1. The summed E-state index contributed by atoms with van der Waals surface area (Å²) in [4.78, 5) is 32.9. The van der Waals surface area contributed by atoms with Gasteiger partial charge in [-0.3, -0.25) is 18.9 Å². The summed E-state index contributed by atoms with van der Waals surface area (Å²) in [6.45, 7) is 5.57. The molecule has 3 rings (SSSR count). The number of thioether (sulfide) groups is 1. The van der Waals surface area contributed by atoms with Gasteiger partial charge < -0.3 is 5.32 Å². The second-order valence-corrected chi connectivity index (χ2v) is 9.31. The Bertz CT molecular complexity index is 1030. The van der Waals surface area contributed by atoms with Gasteiger partial charge in [-0.05, 0) is 31.1 Å². The van der Waals surface area contributed by atoms with Crippen molar-refractivity contribution in [1.29, 1.82) is 0 Å². The van der Waals surface area contributed by atoms with Crippen LogP contribution in [0, 0.1) is 0 Å². The Balaban J connectivity index is 1.82. The number of carbonyl (C=O) groups is 1. The van der Waals surface area contributed by atoms with Crippen molar-refractivity contribution in [2.45, 2.75) is 58.8 Å². The van der Waals surface area contributed by atoms with Crippen molar-refractivity contribution in [2.75, 3.05) is 18.4 Å². The predicted molar refractivity (Wildman–Crippen MR) is 133 cm³/mol. The van der Waals surface area contributed by atoms with E-state index in [0.29, 0.717) is 39.3 Å². The summed E-state index contributed by atoms with van der Waals surface area (Å²) in [5, 5.41) is 3.23. The Kier molecular flexibility index (Phi) is 8.66. The highest BCUT2D eigenvalue weighted by molar-refractivity contribution is 8.26. The van der Waals surface area contributed by atoms with E-state index in [1.54, 1.807) is 29.3 Å². The zero-order chi connectivity index (χ0) is 22.2. The van der Waals surface area contributed by atoms with Gasteiger partial charge in [0.25, 0.3) is 11.5 Å². The highest BCUT2D eigenvalue weighted by Crippen LogP contribution is 2.33. The number of hydrogen-bond donors (Lipinski definition) is 1. The van der Waals surface area contributed by atoms with E-state index < -0.39 is 0 Å². The van der Waals surface area contributed by atoms with Gasteiger partial charge in [0, 0.05) is 19.3 Å². The van der Waals surface area contributed by atoms with Crippen molar-refractivity contribution in [3.8, 4) is 0 Å². The number of pyridine rings is 1. The van der Waals surface area contributed by atoms with Crippen molar-refractivity contribution in [1.82, 2.24) is 14.3 Å². The number of hydrogen-bond acceptors (Lipinski definition) is 6. The summed E-state index contributed by atoms with van der Waals surface area (Å²) in [5.41, 5.74) is 0.751. The molecule has 1 N–H and O–H groups in total. The van der Waals surface area contributed by atoms with Gasteiger partial charge in [0.1, 0.15) is 15.8 Å². The van der Waals surface area contributed by atoms with E-state index in [1.165, 1.54) is 41.8 Å². The van der Waals surface area contributed by atoms with Gasteiger partial charge in [-0.25, -0.2) is 4.98 Å². The van der Waals surface area contributed by atoms with Gasteiger partial charge in [-0.2, -0.15) is 0 Å². The number of thiocarbonyl (C=S) groups is 1. The van der Waals surface area contributed by atoms with Crippen LogP contribution in [0.15, 0.2) is 34.1 Å². The molecule has 31 heavy (non-hydrogen) atoms. The summed E-state index contributed by atoms with van der Waals surface area (Å²) in [6, 6.07) is 5.43. The molecule has 0 spiro atoms. The normalized spacial score (nSPS) is 15.4. The molecule has 0 aromatic carbocycles. The Morgan fingerprint density at radius 2 is 1.87 bits per heavy atom. The van der Waals surface area contributed by atoms with E-state index in [2.05, 4.69) is 17.2 Å². The van der Waals surface area contributed by atoms with Crippen molar-refractivity contribution >= 4 is 51.7 Å². The molecule has 0 saturated carbocycles. The van der Waals surface area contributed by atoms with Crippen LogP contribution in [-0.2, 0) is 4.79 Å². The molecule has 2 aromatic heterocycles. The fraction of sp³-hybridized carbons (Fsp3) is 0.478. The average molecular weight is 459 g/mol. The molecule has 3 heterocycles. The average Bonchev–Trinajstić information content (AvgIpc) is 3.04. The monoisotopic (exact) mass is 458 g/mol. The van der Waals surface area contributed by atoms with Crippen molar-refractivity contribution in [2.24, 2.45) is 0 Å². The van der Waals surface area contributed by atoms with Gasteiger partial charge in [-0.1, -0.05) is 76.0 Å². The molecule has 1 fully saturated rings. The molecule has 0 bridgehead atoms. The Morgan fingerprint density at radius 3 is 2.65 bits per heavy atom.